The Bertz CT molecular complexity index is 741. The zero-order valence-corrected chi connectivity index (χ0v) is 13.0. The number of rotatable bonds is 6. The number of aliphatic carboxylic acids is 1. The van der Waals surface area contributed by atoms with Crippen LogP contribution in [0.5, 0.6) is 0 Å². The number of carbonyl (C=O) groups excluding carboxylic acids is 2. The summed E-state index contributed by atoms with van der Waals surface area (Å²) < 4.78 is 6.40. The van der Waals surface area contributed by atoms with Gasteiger partial charge in [-0.25, -0.2) is 14.5 Å². The van der Waals surface area contributed by atoms with E-state index in [2.05, 4.69) is 20.4 Å². The minimum atomic E-state index is -1.33. The van der Waals surface area contributed by atoms with Crippen molar-refractivity contribution in [3.63, 3.8) is 0 Å². The van der Waals surface area contributed by atoms with Gasteiger partial charge in [0.1, 0.15) is 11.4 Å². The number of hydrogen-bond acceptors (Lipinski definition) is 8. The molecule has 0 amide bonds. The van der Waals surface area contributed by atoms with Crippen LogP contribution in [0.2, 0.25) is 0 Å². The van der Waals surface area contributed by atoms with E-state index in [1.54, 1.807) is 6.92 Å². The first kappa shape index (κ1) is 16.4. The summed E-state index contributed by atoms with van der Waals surface area (Å²) in [6, 6.07) is 1.84. The molecule has 9 nitrogen and oxygen atoms in total. The van der Waals surface area contributed by atoms with Crippen molar-refractivity contribution in [3.8, 4) is 5.95 Å². The van der Waals surface area contributed by atoms with E-state index >= 15 is 0 Å². The van der Waals surface area contributed by atoms with Gasteiger partial charge in [-0.15, -0.1) is 0 Å². The first-order valence-electron chi connectivity index (χ1n) is 6.94. The zero-order chi connectivity index (χ0) is 17.0. The standard InChI is InChI=1S/C14H17N5O4/c1-4-23-13(22)10-6-16-14(17-12(10)15-7-11(20)21)19-9(3)5-8(2)18-19/h5-6H,4,7H2,1-3H3,(H,20,21)(H,15,16,17)/p-1. The molecular weight excluding hydrogens is 302 g/mol. The second-order valence-electron chi connectivity index (χ2n) is 4.72. The molecule has 1 N–H and O–H groups in total. The molecule has 2 aromatic heterocycles. The third-order valence-corrected chi connectivity index (χ3v) is 2.87. The van der Waals surface area contributed by atoms with Crippen LogP contribution < -0.4 is 10.4 Å². The highest BCUT2D eigenvalue weighted by Gasteiger charge is 2.17. The molecule has 0 unspecified atom stereocenters. The molecule has 0 saturated carbocycles. The molecule has 0 aliphatic carbocycles. The maximum Gasteiger partial charge on any atom is 0.343 e. The average molecular weight is 318 g/mol. The van der Waals surface area contributed by atoms with E-state index in [0.717, 1.165) is 11.4 Å². The van der Waals surface area contributed by atoms with E-state index < -0.39 is 18.5 Å². The van der Waals surface area contributed by atoms with Crippen LogP contribution in [0.4, 0.5) is 5.82 Å². The predicted molar refractivity (Wildman–Crippen MR) is 78.1 cm³/mol. The molecule has 0 aliphatic rings. The number of aromatic nitrogens is 4. The fourth-order valence-electron chi connectivity index (χ4n) is 1.95. The van der Waals surface area contributed by atoms with Crippen LogP contribution in [-0.2, 0) is 9.53 Å². The van der Waals surface area contributed by atoms with Gasteiger partial charge < -0.3 is 20.0 Å². The maximum atomic E-state index is 11.9. The average Bonchev–Trinajstić information content (AvgIpc) is 2.83. The second-order valence-corrected chi connectivity index (χ2v) is 4.72. The molecule has 2 rings (SSSR count). The Hall–Kier alpha value is -2.97. The molecular formula is C14H16N5O4-. The van der Waals surface area contributed by atoms with Gasteiger partial charge in [0.2, 0.25) is 0 Å². The third kappa shape index (κ3) is 3.82. The number of esters is 1. The number of nitrogens with zero attached hydrogens (tertiary/aromatic N) is 4. The van der Waals surface area contributed by atoms with Crippen molar-refractivity contribution in [2.45, 2.75) is 20.8 Å². The van der Waals surface area contributed by atoms with Crippen LogP contribution in [0, 0.1) is 13.8 Å². The number of carboxylic acid groups (broad SMARTS) is 1. The molecule has 122 valence electrons. The predicted octanol–water partition coefficient (Wildman–Crippen LogP) is -0.382. The van der Waals surface area contributed by atoms with E-state index in [-0.39, 0.29) is 23.9 Å². The van der Waals surface area contributed by atoms with Gasteiger partial charge >= 0.3 is 5.97 Å². The van der Waals surface area contributed by atoms with Crippen molar-refractivity contribution in [1.29, 1.82) is 0 Å². The van der Waals surface area contributed by atoms with Crippen molar-refractivity contribution in [2.75, 3.05) is 18.5 Å². The van der Waals surface area contributed by atoms with Crippen molar-refractivity contribution in [3.05, 3.63) is 29.2 Å². The smallest absolute Gasteiger partial charge is 0.343 e. The quantitative estimate of drug-likeness (QED) is 0.715. The van der Waals surface area contributed by atoms with Crippen molar-refractivity contribution >= 4 is 17.8 Å². The van der Waals surface area contributed by atoms with Gasteiger partial charge in [0.15, 0.2) is 0 Å². The summed E-state index contributed by atoms with van der Waals surface area (Å²) in [5, 5.41) is 17.4. The normalized spacial score (nSPS) is 10.4. The number of ether oxygens (including phenoxy) is 1. The molecule has 2 aromatic rings. The molecule has 0 bridgehead atoms. The van der Waals surface area contributed by atoms with Crippen molar-refractivity contribution < 1.29 is 19.4 Å². The molecule has 0 aliphatic heterocycles. The lowest BCUT2D eigenvalue weighted by atomic mass is 10.3. The van der Waals surface area contributed by atoms with Crippen LogP contribution in [0.25, 0.3) is 5.95 Å². The Morgan fingerprint density at radius 2 is 2.13 bits per heavy atom. The molecule has 9 heteroatoms. The molecule has 0 aromatic carbocycles. The number of hydrogen-bond donors (Lipinski definition) is 1. The summed E-state index contributed by atoms with van der Waals surface area (Å²) in [7, 11) is 0. The first-order chi connectivity index (χ1) is 10.9. The lowest BCUT2D eigenvalue weighted by molar-refractivity contribution is -0.302. The number of anilines is 1. The maximum absolute atomic E-state index is 11.9. The third-order valence-electron chi connectivity index (χ3n) is 2.87. The number of aryl methyl sites for hydroxylation is 2. The summed E-state index contributed by atoms with van der Waals surface area (Å²) in [6.07, 6.45) is 1.27. The van der Waals surface area contributed by atoms with E-state index in [1.165, 1.54) is 10.9 Å². The van der Waals surface area contributed by atoms with Crippen LogP contribution >= 0.6 is 0 Å². The van der Waals surface area contributed by atoms with E-state index in [9.17, 15) is 14.7 Å². The van der Waals surface area contributed by atoms with Crippen molar-refractivity contribution in [1.82, 2.24) is 19.7 Å². The van der Waals surface area contributed by atoms with Gasteiger partial charge in [-0.2, -0.15) is 10.1 Å². The van der Waals surface area contributed by atoms with Crippen LogP contribution in [0.1, 0.15) is 28.7 Å². The molecule has 0 saturated heterocycles. The van der Waals surface area contributed by atoms with Gasteiger partial charge in [-0.05, 0) is 26.8 Å². The molecule has 0 fully saturated rings. The second kappa shape index (κ2) is 6.86. The summed E-state index contributed by atoms with van der Waals surface area (Å²) in [5.41, 5.74) is 1.63. The highest BCUT2D eigenvalue weighted by Crippen LogP contribution is 2.16. The summed E-state index contributed by atoms with van der Waals surface area (Å²) in [6.45, 7) is 5.00. The van der Waals surface area contributed by atoms with Gasteiger partial charge in [-0.3, -0.25) is 0 Å². The van der Waals surface area contributed by atoms with Crippen LogP contribution in [-0.4, -0.2) is 44.8 Å². The Balaban J connectivity index is 2.43. The number of carbonyl (C=O) groups is 2. The van der Waals surface area contributed by atoms with Gasteiger partial charge in [0, 0.05) is 11.9 Å². The van der Waals surface area contributed by atoms with Crippen LogP contribution in [0.3, 0.4) is 0 Å². The van der Waals surface area contributed by atoms with Gasteiger partial charge in [0.05, 0.1) is 24.8 Å². The SMILES string of the molecule is CCOC(=O)c1cnc(-n2nc(C)cc2C)nc1NCC(=O)[O-]. The lowest BCUT2D eigenvalue weighted by Gasteiger charge is -2.12. The Labute approximate surface area is 132 Å². The van der Waals surface area contributed by atoms with E-state index in [0.29, 0.717) is 0 Å². The highest BCUT2D eigenvalue weighted by molar-refractivity contribution is 5.94. The minimum Gasteiger partial charge on any atom is -0.548 e. The fraction of sp³-hybridized carbons (Fsp3) is 0.357. The van der Waals surface area contributed by atoms with E-state index in [4.69, 9.17) is 4.74 Å². The minimum absolute atomic E-state index is 0.0402. The van der Waals surface area contributed by atoms with Crippen LogP contribution in [0.15, 0.2) is 12.3 Å². The summed E-state index contributed by atoms with van der Waals surface area (Å²) in [5.74, 6) is -1.71. The summed E-state index contributed by atoms with van der Waals surface area (Å²) in [4.78, 5) is 30.8. The van der Waals surface area contributed by atoms with Gasteiger partial charge in [0.25, 0.3) is 5.95 Å². The monoisotopic (exact) mass is 318 g/mol. The fourth-order valence-corrected chi connectivity index (χ4v) is 1.95. The summed E-state index contributed by atoms with van der Waals surface area (Å²) >= 11 is 0. The Morgan fingerprint density at radius 1 is 1.39 bits per heavy atom. The lowest BCUT2D eigenvalue weighted by Crippen LogP contribution is -2.31. The number of nitrogens with one attached hydrogen (secondary N) is 1. The highest BCUT2D eigenvalue weighted by atomic mass is 16.5. The zero-order valence-electron chi connectivity index (χ0n) is 13.0. The molecule has 0 spiro atoms. The van der Waals surface area contributed by atoms with Crippen molar-refractivity contribution in [2.24, 2.45) is 0 Å². The number of carboxylic acids is 1. The Morgan fingerprint density at radius 3 is 2.70 bits per heavy atom. The largest absolute Gasteiger partial charge is 0.548 e. The molecule has 0 atom stereocenters. The first-order valence-corrected chi connectivity index (χ1v) is 6.94. The topological polar surface area (TPSA) is 122 Å². The van der Waals surface area contributed by atoms with E-state index in [1.807, 2.05) is 19.9 Å². The Kier molecular flexibility index (Phi) is 4.89. The molecule has 0 radical (unpaired) electrons. The molecule has 2 heterocycles. The van der Waals surface area contributed by atoms with Gasteiger partial charge in [-0.1, -0.05) is 0 Å². The molecule has 23 heavy (non-hydrogen) atoms.